The van der Waals surface area contributed by atoms with Crippen LogP contribution in [-0.4, -0.2) is 15.8 Å². The monoisotopic (exact) mass is 213 g/mol. The van der Waals surface area contributed by atoms with E-state index in [1.54, 1.807) is 19.1 Å². The van der Waals surface area contributed by atoms with Gasteiger partial charge in [-0.05, 0) is 12.5 Å². The zero-order chi connectivity index (χ0) is 10.7. The lowest BCUT2D eigenvalue weighted by Gasteiger charge is -2.07. The maximum Gasteiger partial charge on any atom is 0.272 e. The van der Waals surface area contributed by atoms with Gasteiger partial charge in [0, 0.05) is 17.4 Å². The number of aliphatic hydroxyl groups is 1. The third-order valence-corrected chi connectivity index (χ3v) is 2.33. The second kappa shape index (κ2) is 4.43. The standard InChI is InChI=1S/C9H11NO3S/c1-6-2-3-7(9(11)5-14)4-8(6)10(12)13/h2-4,9,11,14H,5H2,1H3. The Labute approximate surface area is 87.1 Å². The van der Waals surface area contributed by atoms with Gasteiger partial charge in [-0.3, -0.25) is 10.1 Å². The second-order valence-corrected chi connectivity index (χ2v) is 3.37. The van der Waals surface area contributed by atoms with Gasteiger partial charge in [0.2, 0.25) is 0 Å². The van der Waals surface area contributed by atoms with E-state index in [1.165, 1.54) is 6.07 Å². The third kappa shape index (κ3) is 2.24. The SMILES string of the molecule is Cc1ccc(C(O)CS)cc1[N+](=O)[O-]. The van der Waals surface area contributed by atoms with Crippen molar-refractivity contribution in [3.05, 3.63) is 39.4 Å². The molecule has 0 bridgehead atoms. The Balaban J connectivity index is 3.12. The number of nitrogens with zero attached hydrogens (tertiary/aromatic N) is 1. The summed E-state index contributed by atoms with van der Waals surface area (Å²) < 4.78 is 0. The van der Waals surface area contributed by atoms with E-state index >= 15 is 0 Å². The molecule has 1 aromatic carbocycles. The molecule has 0 heterocycles. The summed E-state index contributed by atoms with van der Waals surface area (Å²) in [7, 11) is 0. The molecule has 1 N–H and O–H groups in total. The smallest absolute Gasteiger partial charge is 0.272 e. The molecule has 4 nitrogen and oxygen atoms in total. The van der Waals surface area contributed by atoms with Crippen LogP contribution >= 0.6 is 12.6 Å². The quantitative estimate of drug-likeness (QED) is 0.457. The van der Waals surface area contributed by atoms with Gasteiger partial charge in [-0.15, -0.1) is 0 Å². The van der Waals surface area contributed by atoms with Gasteiger partial charge in [0.1, 0.15) is 0 Å². The number of rotatable bonds is 3. The summed E-state index contributed by atoms with van der Waals surface area (Å²) in [5, 5.41) is 20.0. The van der Waals surface area contributed by atoms with Gasteiger partial charge in [-0.2, -0.15) is 12.6 Å². The van der Waals surface area contributed by atoms with Crippen LogP contribution in [0.2, 0.25) is 0 Å². The van der Waals surface area contributed by atoms with E-state index < -0.39 is 11.0 Å². The van der Waals surface area contributed by atoms with E-state index in [9.17, 15) is 15.2 Å². The fraction of sp³-hybridized carbons (Fsp3) is 0.333. The minimum atomic E-state index is -0.752. The van der Waals surface area contributed by atoms with Crippen LogP contribution in [0.5, 0.6) is 0 Å². The highest BCUT2D eigenvalue weighted by molar-refractivity contribution is 7.80. The number of benzene rings is 1. The molecule has 1 unspecified atom stereocenters. The maximum atomic E-state index is 10.6. The molecule has 5 heteroatoms. The lowest BCUT2D eigenvalue weighted by atomic mass is 10.1. The summed E-state index contributed by atoms with van der Waals surface area (Å²) in [5.41, 5.74) is 1.14. The zero-order valence-electron chi connectivity index (χ0n) is 7.67. The highest BCUT2D eigenvalue weighted by Gasteiger charge is 2.14. The molecule has 14 heavy (non-hydrogen) atoms. The summed E-state index contributed by atoms with van der Waals surface area (Å²) in [6.07, 6.45) is -0.752. The van der Waals surface area contributed by atoms with Gasteiger partial charge in [-0.25, -0.2) is 0 Å². The molecule has 0 saturated heterocycles. The summed E-state index contributed by atoms with van der Waals surface area (Å²) in [5.74, 6) is 0.250. The Bertz CT molecular complexity index is 354. The molecule has 0 amide bonds. The number of nitro benzene ring substituents is 1. The first-order chi connectivity index (χ1) is 6.56. The second-order valence-electron chi connectivity index (χ2n) is 3.00. The normalized spacial score (nSPS) is 12.5. The summed E-state index contributed by atoms with van der Waals surface area (Å²) in [4.78, 5) is 10.1. The van der Waals surface area contributed by atoms with Gasteiger partial charge in [0.05, 0.1) is 11.0 Å². The number of thiol groups is 1. The molecule has 1 aromatic rings. The Morgan fingerprint density at radius 2 is 2.29 bits per heavy atom. The first-order valence-electron chi connectivity index (χ1n) is 4.10. The van der Waals surface area contributed by atoms with Crippen LogP contribution in [0.25, 0.3) is 0 Å². The van der Waals surface area contributed by atoms with Crippen molar-refractivity contribution in [1.82, 2.24) is 0 Å². The lowest BCUT2D eigenvalue weighted by Crippen LogP contribution is -2.00. The molecule has 1 atom stereocenters. The van der Waals surface area contributed by atoms with Crippen LogP contribution in [0.15, 0.2) is 18.2 Å². The van der Waals surface area contributed by atoms with E-state index in [0.29, 0.717) is 11.1 Å². The largest absolute Gasteiger partial charge is 0.388 e. The van der Waals surface area contributed by atoms with Crippen molar-refractivity contribution >= 4 is 18.3 Å². The fourth-order valence-electron chi connectivity index (χ4n) is 1.14. The third-order valence-electron chi connectivity index (χ3n) is 1.99. The molecule has 0 saturated carbocycles. The van der Waals surface area contributed by atoms with Crippen molar-refractivity contribution < 1.29 is 10.0 Å². The topological polar surface area (TPSA) is 63.4 Å². The number of nitro groups is 1. The molecule has 0 spiro atoms. The van der Waals surface area contributed by atoms with E-state index in [-0.39, 0.29) is 11.4 Å². The lowest BCUT2D eigenvalue weighted by molar-refractivity contribution is -0.385. The van der Waals surface area contributed by atoms with Crippen LogP contribution in [-0.2, 0) is 0 Å². The summed E-state index contributed by atoms with van der Waals surface area (Å²) in [6, 6.07) is 4.68. The van der Waals surface area contributed by atoms with E-state index in [4.69, 9.17) is 0 Å². The van der Waals surface area contributed by atoms with Crippen LogP contribution in [0.4, 0.5) is 5.69 Å². The van der Waals surface area contributed by atoms with Crippen LogP contribution in [0.3, 0.4) is 0 Å². The predicted octanol–water partition coefficient (Wildman–Crippen LogP) is 1.87. The van der Waals surface area contributed by atoms with Crippen molar-refractivity contribution in [2.75, 3.05) is 5.75 Å². The first kappa shape index (κ1) is 11.0. The van der Waals surface area contributed by atoms with Crippen molar-refractivity contribution in [2.45, 2.75) is 13.0 Å². The Hall–Kier alpha value is -1.07. The number of hydrogen-bond donors (Lipinski definition) is 2. The van der Waals surface area contributed by atoms with Crippen molar-refractivity contribution in [3.8, 4) is 0 Å². The van der Waals surface area contributed by atoms with Gasteiger partial charge in [0.15, 0.2) is 0 Å². The molecule has 0 aliphatic heterocycles. The minimum absolute atomic E-state index is 0.0309. The number of aliphatic hydroxyl groups excluding tert-OH is 1. The number of aryl methyl sites for hydroxylation is 1. The maximum absolute atomic E-state index is 10.6. The van der Waals surface area contributed by atoms with Crippen LogP contribution in [0, 0.1) is 17.0 Å². The minimum Gasteiger partial charge on any atom is -0.388 e. The first-order valence-corrected chi connectivity index (χ1v) is 4.73. The predicted molar refractivity (Wildman–Crippen MR) is 56.6 cm³/mol. The molecule has 1 rings (SSSR count). The van der Waals surface area contributed by atoms with Crippen LogP contribution in [0.1, 0.15) is 17.2 Å². The molecule has 0 radical (unpaired) electrons. The van der Waals surface area contributed by atoms with Gasteiger partial charge in [-0.1, -0.05) is 12.1 Å². The summed E-state index contributed by atoms with van der Waals surface area (Å²) >= 11 is 3.92. The van der Waals surface area contributed by atoms with E-state index in [2.05, 4.69) is 12.6 Å². The molecule has 76 valence electrons. The Morgan fingerprint density at radius 1 is 1.64 bits per heavy atom. The molecule has 0 aliphatic rings. The fourth-order valence-corrected chi connectivity index (χ4v) is 1.35. The molecular weight excluding hydrogens is 202 g/mol. The van der Waals surface area contributed by atoms with Crippen molar-refractivity contribution in [2.24, 2.45) is 0 Å². The number of hydrogen-bond acceptors (Lipinski definition) is 4. The Morgan fingerprint density at radius 3 is 2.79 bits per heavy atom. The van der Waals surface area contributed by atoms with E-state index in [1.807, 2.05) is 0 Å². The van der Waals surface area contributed by atoms with Crippen molar-refractivity contribution in [3.63, 3.8) is 0 Å². The molecule has 0 fully saturated rings. The highest BCUT2D eigenvalue weighted by Crippen LogP contribution is 2.23. The van der Waals surface area contributed by atoms with Gasteiger partial charge < -0.3 is 5.11 Å². The van der Waals surface area contributed by atoms with Crippen molar-refractivity contribution in [1.29, 1.82) is 0 Å². The summed E-state index contributed by atoms with van der Waals surface area (Å²) in [6.45, 7) is 1.66. The zero-order valence-corrected chi connectivity index (χ0v) is 8.57. The molecular formula is C9H11NO3S. The highest BCUT2D eigenvalue weighted by atomic mass is 32.1. The van der Waals surface area contributed by atoms with Crippen LogP contribution < -0.4 is 0 Å². The molecule has 0 aliphatic carbocycles. The van der Waals surface area contributed by atoms with E-state index in [0.717, 1.165) is 0 Å². The Kier molecular flexibility index (Phi) is 3.49. The molecule has 0 aromatic heterocycles. The van der Waals surface area contributed by atoms with Gasteiger partial charge in [0.25, 0.3) is 5.69 Å². The van der Waals surface area contributed by atoms with Gasteiger partial charge >= 0.3 is 0 Å². The average molecular weight is 213 g/mol. The average Bonchev–Trinajstić information content (AvgIpc) is 2.17.